The van der Waals surface area contributed by atoms with Crippen molar-refractivity contribution in [1.29, 1.82) is 0 Å². The van der Waals surface area contributed by atoms with Crippen molar-refractivity contribution in [2.24, 2.45) is 0 Å². The van der Waals surface area contributed by atoms with Crippen LogP contribution in [0.25, 0.3) is 0 Å². The van der Waals surface area contributed by atoms with E-state index in [1.54, 1.807) is 0 Å². The number of likely N-dealkylation sites (tertiary alicyclic amines) is 1. The first-order chi connectivity index (χ1) is 11.1. The van der Waals surface area contributed by atoms with Crippen LogP contribution in [0.2, 0.25) is 0 Å². The Kier molecular flexibility index (Phi) is 5.96. The van der Waals surface area contributed by atoms with Gasteiger partial charge in [0.2, 0.25) is 5.91 Å². The van der Waals surface area contributed by atoms with Crippen molar-refractivity contribution in [3.63, 3.8) is 0 Å². The van der Waals surface area contributed by atoms with Gasteiger partial charge in [0.15, 0.2) is 0 Å². The predicted molar refractivity (Wildman–Crippen MR) is 81.6 cm³/mol. The fourth-order valence-electron chi connectivity index (χ4n) is 2.47. The zero-order chi connectivity index (χ0) is 16.7. The van der Waals surface area contributed by atoms with Crippen LogP contribution in [0.15, 0.2) is 30.3 Å². The number of carbonyl (C=O) groups is 3. The minimum absolute atomic E-state index is 0.0531. The van der Waals surface area contributed by atoms with E-state index in [2.05, 4.69) is 5.32 Å². The number of carboxylic acids is 1. The Balaban J connectivity index is 1.83. The SMILES string of the molecule is O=C(O)CCNC(=O)C1CCCN1C(=O)OCc1ccccc1. The fourth-order valence-corrected chi connectivity index (χ4v) is 2.47. The number of carbonyl (C=O) groups excluding carboxylic acids is 2. The molecule has 0 saturated carbocycles. The average Bonchev–Trinajstić information content (AvgIpc) is 3.03. The van der Waals surface area contributed by atoms with Gasteiger partial charge in [-0.3, -0.25) is 14.5 Å². The molecule has 1 heterocycles. The number of nitrogens with one attached hydrogen (secondary N) is 1. The maximum atomic E-state index is 12.1. The van der Waals surface area contributed by atoms with Crippen molar-refractivity contribution in [1.82, 2.24) is 10.2 Å². The molecule has 1 aliphatic heterocycles. The van der Waals surface area contributed by atoms with Crippen LogP contribution in [0.5, 0.6) is 0 Å². The molecule has 2 rings (SSSR count). The number of aliphatic carboxylic acids is 1. The Morgan fingerprint density at radius 1 is 1.26 bits per heavy atom. The molecule has 2 N–H and O–H groups in total. The number of benzene rings is 1. The molecule has 1 atom stereocenters. The lowest BCUT2D eigenvalue weighted by Crippen LogP contribution is -2.46. The first-order valence-electron chi connectivity index (χ1n) is 7.55. The Hall–Kier alpha value is -2.57. The molecule has 0 spiro atoms. The summed E-state index contributed by atoms with van der Waals surface area (Å²) in [6.07, 6.45) is 0.609. The molecule has 7 nitrogen and oxygen atoms in total. The molecule has 1 fully saturated rings. The number of rotatable bonds is 6. The van der Waals surface area contributed by atoms with Gasteiger partial charge in [-0.05, 0) is 18.4 Å². The van der Waals surface area contributed by atoms with E-state index in [9.17, 15) is 14.4 Å². The van der Waals surface area contributed by atoms with Gasteiger partial charge in [0.05, 0.1) is 6.42 Å². The zero-order valence-corrected chi connectivity index (χ0v) is 12.7. The maximum Gasteiger partial charge on any atom is 0.410 e. The van der Waals surface area contributed by atoms with Crippen LogP contribution < -0.4 is 5.32 Å². The second-order valence-electron chi connectivity index (χ2n) is 5.33. The number of hydrogen-bond donors (Lipinski definition) is 2. The molecule has 0 aliphatic carbocycles. The lowest BCUT2D eigenvalue weighted by molar-refractivity contribution is -0.137. The zero-order valence-electron chi connectivity index (χ0n) is 12.7. The summed E-state index contributed by atoms with van der Waals surface area (Å²) in [4.78, 5) is 36.1. The van der Waals surface area contributed by atoms with E-state index in [-0.39, 0.29) is 25.5 Å². The predicted octanol–water partition coefficient (Wildman–Crippen LogP) is 1.38. The highest BCUT2D eigenvalue weighted by Gasteiger charge is 2.34. The number of amides is 2. The Bertz CT molecular complexity index is 561. The van der Waals surface area contributed by atoms with E-state index in [4.69, 9.17) is 9.84 Å². The highest BCUT2D eigenvalue weighted by Crippen LogP contribution is 2.19. The molecule has 1 aliphatic rings. The second-order valence-corrected chi connectivity index (χ2v) is 5.33. The van der Waals surface area contributed by atoms with Crippen molar-refractivity contribution in [2.75, 3.05) is 13.1 Å². The molecular weight excluding hydrogens is 300 g/mol. The number of hydrogen-bond acceptors (Lipinski definition) is 4. The molecule has 1 aromatic rings. The Morgan fingerprint density at radius 3 is 2.70 bits per heavy atom. The summed E-state index contributed by atoms with van der Waals surface area (Å²) in [7, 11) is 0. The molecular formula is C16H20N2O5. The molecule has 124 valence electrons. The van der Waals surface area contributed by atoms with Crippen LogP contribution in [0.1, 0.15) is 24.8 Å². The molecule has 0 radical (unpaired) electrons. The van der Waals surface area contributed by atoms with Gasteiger partial charge in [0, 0.05) is 13.1 Å². The van der Waals surface area contributed by atoms with E-state index in [1.165, 1.54) is 4.90 Å². The van der Waals surface area contributed by atoms with Crippen molar-refractivity contribution in [3.05, 3.63) is 35.9 Å². The van der Waals surface area contributed by atoms with Gasteiger partial charge < -0.3 is 15.2 Å². The van der Waals surface area contributed by atoms with E-state index in [0.717, 1.165) is 12.0 Å². The number of ether oxygens (including phenoxy) is 1. The molecule has 7 heteroatoms. The smallest absolute Gasteiger partial charge is 0.410 e. The van der Waals surface area contributed by atoms with E-state index in [1.807, 2.05) is 30.3 Å². The summed E-state index contributed by atoms with van der Waals surface area (Å²) in [5.74, 6) is -1.31. The quantitative estimate of drug-likeness (QED) is 0.825. The van der Waals surface area contributed by atoms with E-state index in [0.29, 0.717) is 13.0 Å². The van der Waals surface area contributed by atoms with Crippen molar-refractivity contribution >= 4 is 18.0 Å². The van der Waals surface area contributed by atoms with Gasteiger partial charge in [-0.15, -0.1) is 0 Å². The van der Waals surface area contributed by atoms with Crippen LogP contribution in [0.4, 0.5) is 4.79 Å². The Morgan fingerprint density at radius 2 is 2.00 bits per heavy atom. The van der Waals surface area contributed by atoms with Gasteiger partial charge in [0.1, 0.15) is 12.6 Å². The first-order valence-corrected chi connectivity index (χ1v) is 7.55. The topological polar surface area (TPSA) is 95.9 Å². The number of nitrogens with zero attached hydrogens (tertiary/aromatic N) is 1. The highest BCUT2D eigenvalue weighted by molar-refractivity contribution is 5.86. The highest BCUT2D eigenvalue weighted by atomic mass is 16.6. The van der Waals surface area contributed by atoms with Gasteiger partial charge in [-0.1, -0.05) is 30.3 Å². The summed E-state index contributed by atoms with van der Waals surface area (Å²) in [5.41, 5.74) is 0.877. The minimum Gasteiger partial charge on any atom is -0.481 e. The van der Waals surface area contributed by atoms with Crippen LogP contribution >= 0.6 is 0 Å². The Labute approximate surface area is 134 Å². The molecule has 0 aromatic heterocycles. The van der Waals surface area contributed by atoms with Crippen molar-refractivity contribution < 1.29 is 24.2 Å². The van der Waals surface area contributed by atoms with Crippen molar-refractivity contribution in [3.8, 4) is 0 Å². The average molecular weight is 320 g/mol. The lowest BCUT2D eigenvalue weighted by Gasteiger charge is -2.23. The molecule has 2 amide bonds. The van der Waals surface area contributed by atoms with Gasteiger partial charge >= 0.3 is 12.1 Å². The number of carboxylic acid groups (broad SMARTS) is 1. The minimum atomic E-state index is -0.976. The molecule has 1 unspecified atom stereocenters. The summed E-state index contributed by atoms with van der Waals surface area (Å²) in [6.45, 7) is 0.672. The van der Waals surface area contributed by atoms with Crippen LogP contribution in [-0.4, -0.2) is 47.1 Å². The van der Waals surface area contributed by atoms with Crippen LogP contribution in [0, 0.1) is 0 Å². The molecule has 1 aromatic carbocycles. The second kappa shape index (κ2) is 8.17. The normalized spacial score (nSPS) is 16.9. The standard InChI is InChI=1S/C16H20N2O5/c19-14(20)8-9-17-15(21)13-7-4-10-18(13)16(22)23-11-12-5-2-1-3-6-12/h1-3,5-6,13H,4,7-11H2,(H,17,21)(H,19,20). The van der Waals surface area contributed by atoms with Crippen LogP contribution in [0.3, 0.4) is 0 Å². The van der Waals surface area contributed by atoms with Gasteiger partial charge in [0.25, 0.3) is 0 Å². The largest absolute Gasteiger partial charge is 0.481 e. The summed E-state index contributed by atoms with van der Waals surface area (Å²) >= 11 is 0. The first kappa shape index (κ1) is 16.8. The van der Waals surface area contributed by atoms with Gasteiger partial charge in [-0.2, -0.15) is 0 Å². The summed E-state index contributed by atoms with van der Waals surface area (Å²) < 4.78 is 5.25. The van der Waals surface area contributed by atoms with Crippen molar-refractivity contribution in [2.45, 2.75) is 31.9 Å². The third kappa shape index (κ3) is 4.98. The summed E-state index contributed by atoms with van der Waals surface area (Å²) in [5, 5.41) is 11.1. The fraction of sp³-hybridized carbons (Fsp3) is 0.438. The molecule has 1 saturated heterocycles. The maximum absolute atomic E-state index is 12.1. The molecule has 0 bridgehead atoms. The lowest BCUT2D eigenvalue weighted by atomic mass is 10.2. The molecule has 23 heavy (non-hydrogen) atoms. The van der Waals surface area contributed by atoms with Gasteiger partial charge in [-0.25, -0.2) is 4.79 Å². The monoisotopic (exact) mass is 320 g/mol. The van der Waals surface area contributed by atoms with Crippen LogP contribution in [-0.2, 0) is 20.9 Å². The van der Waals surface area contributed by atoms with E-state index < -0.39 is 18.1 Å². The third-order valence-corrected chi connectivity index (χ3v) is 3.63. The summed E-state index contributed by atoms with van der Waals surface area (Å²) in [6, 6.07) is 8.71. The van der Waals surface area contributed by atoms with E-state index >= 15 is 0 Å². The third-order valence-electron chi connectivity index (χ3n) is 3.63.